The number of hydrogen-bond acceptors (Lipinski definition) is 3. The fourth-order valence-electron chi connectivity index (χ4n) is 0.535. The van der Waals surface area contributed by atoms with E-state index in [0.29, 0.717) is 0 Å². The summed E-state index contributed by atoms with van der Waals surface area (Å²) in [6, 6.07) is -0.741. The van der Waals surface area contributed by atoms with E-state index in [1.807, 2.05) is 0 Å². The van der Waals surface area contributed by atoms with Gasteiger partial charge in [0.1, 0.15) is 6.33 Å². The number of imide groups is 1. The van der Waals surface area contributed by atoms with Crippen LogP contribution in [0.15, 0.2) is 18.7 Å². The van der Waals surface area contributed by atoms with Crippen LogP contribution in [0.3, 0.4) is 0 Å². The number of carbonyl (C=O) groups is 2. The molecule has 2 N–H and O–H groups in total. The summed E-state index contributed by atoms with van der Waals surface area (Å²) in [7, 11) is 0. The fourth-order valence-corrected chi connectivity index (χ4v) is 0.535. The van der Waals surface area contributed by atoms with Gasteiger partial charge in [0.2, 0.25) is 0 Å². The van der Waals surface area contributed by atoms with E-state index >= 15 is 0 Å². The van der Waals surface area contributed by atoms with Crippen LogP contribution in [0, 0.1) is 0 Å². The Kier molecular flexibility index (Phi) is 1.86. The molecular weight excluding hydrogens is 150 g/mol. The summed E-state index contributed by atoms with van der Waals surface area (Å²) < 4.78 is 1.02. The number of amides is 2. The summed E-state index contributed by atoms with van der Waals surface area (Å²) >= 11 is 0. The van der Waals surface area contributed by atoms with Gasteiger partial charge in [0.25, 0.3) is 0 Å². The number of nitrogens with one attached hydrogen (secondary N) is 1. The minimum atomic E-state index is -1.39. The molecule has 6 heteroatoms. The van der Waals surface area contributed by atoms with Crippen LogP contribution in [0.4, 0.5) is 9.59 Å². The summed E-state index contributed by atoms with van der Waals surface area (Å²) in [4.78, 5) is 24.2. The van der Waals surface area contributed by atoms with Gasteiger partial charge in [0.15, 0.2) is 0 Å². The highest BCUT2D eigenvalue weighted by Gasteiger charge is 2.05. The number of hydrogen-bond donors (Lipinski definition) is 2. The van der Waals surface area contributed by atoms with E-state index in [4.69, 9.17) is 5.11 Å². The van der Waals surface area contributed by atoms with Crippen LogP contribution < -0.4 is 5.32 Å². The molecule has 2 amide bonds. The van der Waals surface area contributed by atoms with Crippen LogP contribution in [0.5, 0.6) is 0 Å². The smallest absolute Gasteiger partial charge is 0.412 e. The minimum Gasteiger partial charge on any atom is -0.465 e. The van der Waals surface area contributed by atoms with Gasteiger partial charge in [-0.1, -0.05) is 0 Å². The van der Waals surface area contributed by atoms with E-state index in [0.717, 1.165) is 4.57 Å². The zero-order valence-electron chi connectivity index (χ0n) is 5.39. The Morgan fingerprint density at radius 3 is 2.73 bits per heavy atom. The van der Waals surface area contributed by atoms with Crippen molar-refractivity contribution in [1.82, 2.24) is 14.9 Å². The Morgan fingerprint density at radius 2 is 2.27 bits per heavy atom. The van der Waals surface area contributed by atoms with Gasteiger partial charge in [0, 0.05) is 12.4 Å². The molecule has 58 valence electrons. The first-order chi connectivity index (χ1) is 5.20. The van der Waals surface area contributed by atoms with E-state index < -0.39 is 12.1 Å². The number of carbonyl (C=O) groups excluding carboxylic acids is 1. The van der Waals surface area contributed by atoms with E-state index in [1.54, 1.807) is 5.32 Å². The van der Waals surface area contributed by atoms with Crippen molar-refractivity contribution in [3.63, 3.8) is 0 Å². The third-order valence-corrected chi connectivity index (χ3v) is 0.953. The van der Waals surface area contributed by atoms with Crippen molar-refractivity contribution in [2.45, 2.75) is 0 Å². The lowest BCUT2D eigenvalue weighted by Gasteiger charge is -1.97. The number of nitrogens with zero attached hydrogens (tertiary/aromatic N) is 2. The molecule has 0 saturated heterocycles. The van der Waals surface area contributed by atoms with Gasteiger partial charge in [-0.05, 0) is 0 Å². The molecule has 6 nitrogen and oxygen atoms in total. The van der Waals surface area contributed by atoms with Crippen LogP contribution in [0.2, 0.25) is 0 Å². The molecule has 0 bridgehead atoms. The zero-order chi connectivity index (χ0) is 8.27. The van der Waals surface area contributed by atoms with Crippen molar-refractivity contribution in [3.05, 3.63) is 18.7 Å². The second kappa shape index (κ2) is 2.82. The van der Waals surface area contributed by atoms with Crippen molar-refractivity contribution < 1.29 is 14.7 Å². The molecule has 0 spiro atoms. The molecular formula is C5H5N3O3. The van der Waals surface area contributed by atoms with Crippen LogP contribution in [0.1, 0.15) is 0 Å². The topological polar surface area (TPSA) is 84.2 Å². The van der Waals surface area contributed by atoms with Gasteiger partial charge >= 0.3 is 12.1 Å². The van der Waals surface area contributed by atoms with Crippen LogP contribution >= 0.6 is 0 Å². The minimum absolute atomic E-state index is 0.741. The lowest BCUT2D eigenvalue weighted by molar-refractivity contribution is 0.192. The largest absolute Gasteiger partial charge is 0.465 e. The normalized spacial score (nSPS) is 9.09. The first-order valence-electron chi connectivity index (χ1n) is 2.72. The molecule has 0 atom stereocenters. The second-order valence-electron chi connectivity index (χ2n) is 1.71. The third-order valence-electron chi connectivity index (χ3n) is 0.953. The van der Waals surface area contributed by atoms with Crippen molar-refractivity contribution >= 4 is 12.1 Å². The van der Waals surface area contributed by atoms with E-state index in [9.17, 15) is 9.59 Å². The van der Waals surface area contributed by atoms with Crippen molar-refractivity contribution in [3.8, 4) is 0 Å². The van der Waals surface area contributed by atoms with E-state index in [-0.39, 0.29) is 0 Å². The molecule has 11 heavy (non-hydrogen) atoms. The molecule has 0 aliphatic rings. The van der Waals surface area contributed by atoms with Crippen molar-refractivity contribution in [2.24, 2.45) is 0 Å². The lowest BCUT2D eigenvalue weighted by atomic mass is 10.8. The van der Waals surface area contributed by atoms with Crippen LogP contribution in [-0.2, 0) is 0 Å². The Morgan fingerprint density at radius 1 is 1.55 bits per heavy atom. The summed E-state index contributed by atoms with van der Waals surface area (Å²) in [5.74, 6) is 0. The van der Waals surface area contributed by atoms with Gasteiger partial charge in [-0.3, -0.25) is 4.57 Å². The molecule has 0 radical (unpaired) electrons. The Balaban J connectivity index is 2.64. The van der Waals surface area contributed by atoms with Gasteiger partial charge in [0.05, 0.1) is 0 Å². The standard InChI is InChI=1S/C5H5N3O3/c9-4(7-5(10)11)8-2-1-6-3-8/h1-3H,(H,7,9)(H,10,11). The van der Waals surface area contributed by atoms with Gasteiger partial charge in [-0.15, -0.1) is 0 Å². The maximum atomic E-state index is 10.7. The molecule has 0 aliphatic carbocycles. The predicted octanol–water partition coefficient (Wildman–Crippen LogP) is 0.119. The zero-order valence-corrected chi connectivity index (χ0v) is 5.39. The van der Waals surface area contributed by atoms with E-state index in [1.165, 1.54) is 18.7 Å². The summed E-state index contributed by atoms with van der Waals surface area (Å²) in [5, 5.41) is 9.76. The number of rotatable bonds is 0. The molecule has 0 saturated carbocycles. The van der Waals surface area contributed by atoms with Gasteiger partial charge in [-0.25, -0.2) is 19.9 Å². The number of imidazole rings is 1. The van der Waals surface area contributed by atoms with Crippen LogP contribution in [-0.4, -0.2) is 26.8 Å². The molecule has 1 aromatic heterocycles. The van der Waals surface area contributed by atoms with Gasteiger partial charge < -0.3 is 5.11 Å². The average Bonchev–Trinajstić information content (AvgIpc) is 2.35. The first-order valence-corrected chi connectivity index (χ1v) is 2.72. The fraction of sp³-hybridized carbons (Fsp3) is 0. The SMILES string of the molecule is O=C(O)NC(=O)n1ccnc1. The molecule has 1 aromatic rings. The highest BCUT2D eigenvalue weighted by molar-refractivity contribution is 5.90. The molecule has 1 rings (SSSR count). The second-order valence-corrected chi connectivity index (χ2v) is 1.71. The highest BCUT2D eigenvalue weighted by atomic mass is 16.4. The molecule has 1 heterocycles. The lowest BCUT2D eigenvalue weighted by Crippen LogP contribution is -2.31. The van der Waals surface area contributed by atoms with E-state index in [2.05, 4.69) is 4.98 Å². The maximum absolute atomic E-state index is 10.7. The van der Waals surface area contributed by atoms with Gasteiger partial charge in [-0.2, -0.15) is 0 Å². The Labute approximate surface area is 61.5 Å². The maximum Gasteiger partial charge on any atom is 0.412 e. The predicted molar refractivity (Wildman–Crippen MR) is 34.2 cm³/mol. The summed E-state index contributed by atoms with van der Waals surface area (Å²) in [5.41, 5.74) is 0. The Hall–Kier alpha value is -1.85. The molecule has 0 aliphatic heterocycles. The summed E-state index contributed by atoms with van der Waals surface area (Å²) in [6.45, 7) is 0. The average molecular weight is 155 g/mol. The quantitative estimate of drug-likeness (QED) is 0.557. The first kappa shape index (κ1) is 7.26. The third kappa shape index (κ3) is 1.78. The monoisotopic (exact) mass is 155 g/mol. The van der Waals surface area contributed by atoms with Crippen molar-refractivity contribution in [2.75, 3.05) is 0 Å². The molecule has 0 unspecified atom stereocenters. The molecule has 0 aromatic carbocycles. The number of carboxylic acid groups (broad SMARTS) is 1. The Bertz CT molecular complexity index is 267. The van der Waals surface area contributed by atoms with Crippen LogP contribution in [0.25, 0.3) is 0 Å². The highest BCUT2D eigenvalue weighted by Crippen LogP contribution is 1.83. The molecule has 0 fully saturated rings. The summed E-state index contributed by atoms with van der Waals surface area (Å²) in [6.07, 6.45) is 2.54. The van der Waals surface area contributed by atoms with Crippen molar-refractivity contribution in [1.29, 1.82) is 0 Å². The number of aromatic nitrogens is 2.